The van der Waals surface area contributed by atoms with Crippen molar-refractivity contribution >= 4 is 28.3 Å². The number of nitrogens with zero attached hydrogens (tertiary/aromatic N) is 2. The zero-order chi connectivity index (χ0) is 18.4. The van der Waals surface area contributed by atoms with Crippen molar-refractivity contribution in [2.24, 2.45) is 0 Å². The van der Waals surface area contributed by atoms with Crippen molar-refractivity contribution in [3.63, 3.8) is 0 Å². The summed E-state index contributed by atoms with van der Waals surface area (Å²) in [6.45, 7) is 6.67. The number of likely N-dealkylation sites (N-methyl/N-ethyl adjacent to an activating group) is 1. The molecule has 1 unspecified atom stereocenters. The summed E-state index contributed by atoms with van der Waals surface area (Å²) < 4.78 is 27.0. The SMILES string of the molecule is CCCN(CCC)S(=O)(=O)c1ccc(C(=O)N(C)C2CCNC2)cc1.Cl. The predicted octanol–water partition coefficient (Wildman–Crippen LogP) is 2.35. The highest BCUT2D eigenvalue weighted by Gasteiger charge is 2.26. The fourth-order valence-electron chi connectivity index (χ4n) is 3.11. The largest absolute Gasteiger partial charge is 0.337 e. The molecule has 0 spiro atoms. The number of rotatable bonds is 8. The number of benzene rings is 1. The summed E-state index contributed by atoms with van der Waals surface area (Å²) in [4.78, 5) is 14.6. The van der Waals surface area contributed by atoms with Gasteiger partial charge in [-0.2, -0.15) is 4.31 Å². The van der Waals surface area contributed by atoms with Crippen molar-refractivity contribution in [2.45, 2.75) is 44.0 Å². The first-order valence-corrected chi connectivity index (χ1v) is 10.4. The molecule has 1 fully saturated rings. The Morgan fingerprint density at radius 2 is 1.73 bits per heavy atom. The first kappa shape index (κ1) is 22.9. The molecule has 1 atom stereocenters. The van der Waals surface area contributed by atoms with Crippen LogP contribution < -0.4 is 5.32 Å². The highest BCUT2D eigenvalue weighted by atomic mass is 35.5. The van der Waals surface area contributed by atoms with Gasteiger partial charge in [0, 0.05) is 38.3 Å². The minimum absolute atomic E-state index is 0. The number of hydrogen-bond donors (Lipinski definition) is 1. The van der Waals surface area contributed by atoms with Gasteiger partial charge in [0.2, 0.25) is 10.0 Å². The van der Waals surface area contributed by atoms with E-state index in [-0.39, 0.29) is 29.3 Å². The molecule has 1 heterocycles. The first-order valence-electron chi connectivity index (χ1n) is 8.99. The third kappa shape index (κ3) is 5.19. The molecule has 1 aliphatic rings. The number of sulfonamides is 1. The number of hydrogen-bond acceptors (Lipinski definition) is 4. The van der Waals surface area contributed by atoms with Crippen LogP contribution in [0.15, 0.2) is 29.2 Å². The molecule has 0 saturated carbocycles. The van der Waals surface area contributed by atoms with Crippen LogP contribution in [0.5, 0.6) is 0 Å². The Hall–Kier alpha value is -1.15. The van der Waals surface area contributed by atoms with E-state index in [2.05, 4.69) is 5.32 Å². The molecule has 1 amide bonds. The molecule has 6 nitrogen and oxygen atoms in total. The van der Waals surface area contributed by atoms with Crippen LogP contribution in [0.1, 0.15) is 43.5 Å². The summed E-state index contributed by atoms with van der Waals surface area (Å²) in [5.41, 5.74) is 0.519. The van der Waals surface area contributed by atoms with E-state index in [1.54, 1.807) is 36.2 Å². The number of carbonyl (C=O) groups excluding carboxylic acids is 1. The highest BCUT2D eigenvalue weighted by molar-refractivity contribution is 7.89. The molecule has 148 valence electrons. The van der Waals surface area contributed by atoms with Crippen molar-refractivity contribution in [1.82, 2.24) is 14.5 Å². The fourth-order valence-corrected chi connectivity index (χ4v) is 4.73. The van der Waals surface area contributed by atoms with Gasteiger partial charge in [0.15, 0.2) is 0 Å². The lowest BCUT2D eigenvalue weighted by atomic mass is 10.1. The molecule has 26 heavy (non-hydrogen) atoms. The Balaban J connectivity index is 0.00000338. The second-order valence-electron chi connectivity index (χ2n) is 6.49. The van der Waals surface area contributed by atoms with Crippen LogP contribution in [0, 0.1) is 0 Å². The normalized spacial score (nSPS) is 17.2. The van der Waals surface area contributed by atoms with Crippen molar-refractivity contribution in [1.29, 1.82) is 0 Å². The van der Waals surface area contributed by atoms with E-state index in [1.165, 1.54) is 4.31 Å². The Labute approximate surface area is 163 Å². The van der Waals surface area contributed by atoms with Crippen molar-refractivity contribution < 1.29 is 13.2 Å². The first-order chi connectivity index (χ1) is 11.9. The maximum atomic E-state index is 12.8. The summed E-state index contributed by atoms with van der Waals surface area (Å²) in [7, 11) is -1.70. The minimum Gasteiger partial charge on any atom is -0.337 e. The van der Waals surface area contributed by atoms with Crippen LogP contribution in [0.25, 0.3) is 0 Å². The molecule has 0 radical (unpaired) electrons. The zero-order valence-electron chi connectivity index (χ0n) is 15.8. The van der Waals surface area contributed by atoms with Crippen molar-refractivity contribution in [2.75, 3.05) is 33.2 Å². The average molecular weight is 404 g/mol. The predicted molar refractivity (Wildman–Crippen MR) is 106 cm³/mol. The molecule has 0 aromatic heterocycles. The molecule has 1 N–H and O–H groups in total. The number of amides is 1. The summed E-state index contributed by atoms with van der Waals surface area (Å²) in [6, 6.07) is 6.51. The average Bonchev–Trinajstić information content (AvgIpc) is 3.15. The Kier molecular flexibility index (Phi) is 9.03. The van der Waals surface area contributed by atoms with E-state index in [0.717, 1.165) is 32.4 Å². The standard InChI is InChI=1S/C18H29N3O3S.ClH/c1-4-12-21(13-5-2)25(23,24)17-8-6-15(7-9-17)18(22)20(3)16-10-11-19-14-16;/h6-9,16,19H,4-5,10-14H2,1-3H3;1H. The summed E-state index contributed by atoms with van der Waals surface area (Å²) in [6.07, 6.45) is 2.49. The second-order valence-corrected chi connectivity index (χ2v) is 8.43. The van der Waals surface area contributed by atoms with Gasteiger partial charge in [0.05, 0.1) is 4.90 Å². The Morgan fingerprint density at radius 1 is 1.15 bits per heavy atom. The van der Waals surface area contributed by atoms with Gasteiger partial charge in [-0.05, 0) is 50.1 Å². The third-order valence-corrected chi connectivity index (χ3v) is 6.50. The van der Waals surface area contributed by atoms with E-state index < -0.39 is 10.0 Å². The van der Waals surface area contributed by atoms with Gasteiger partial charge in [0.25, 0.3) is 5.91 Å². The third-order valence-electron chi connectivity index (χ3n) is 4.59. The van der Waals surface area contributed by atoms with Gasteiger partial charge >= 0.3 is 0 Å². The van der Waals surface area contributed by atoms with Gasteiger partial charge in [-0.15, -0.1) is 12.4 Å². The maximum absolute atomic E-state index is 12.8. The van der Waals surface area contributed by atoms with Crippen molar-refractivity contribution in [3.05, 3.63) is 29.8 Å². The van der Waals surface area contributed by atoms with Gasteiger partial charge in [-0.3, -0.25) is 4.79 Å². The Morgan fingerprint density at radius 3 is 2.19 bits per heavy atom. The van der Waals surface area contributed by atoms with Gasteiger partial charge in [0.1, 0.15) is 0 Å². The van der Waals surface area contributed by atoms with Crippen LogP contribution >= 0.6 is 12.4 Å². The zero-order valence-corrected chi connectivity index (χ0v) is 17.4. The van der Waals surface area contributed by atoms with Gasteiger partial charge in [-0.25, -0.2) is 8.42 Å². The molecular weight excluding hydrogens is 374 g/mol. The lowest BCUT2D eigenvalue weighted by Gasteiger charge is -2.24. The maximum Gasteiger partial charge on any atom is 0.253 e. The molecule has 0 aliphatic carbocycles. The van der Waals surface area contributed by atoms with E-state index in [1.807, 2.05) is 13.8 Å². The number of carbonyl (C=O) groups is 1. The number of nitrogens with one attached hydrogen (secondary N) is 1. The quantitative estimate of drug-likeness (QED) is 0.723. The summed E-state index contributed by atoms with van der Waals surface area (Å²) in [5, 5.41) is 3.25. The summed E-state index contributed by atoms with van der Waals surface area (Å²) >= 11 is 0. The molecule has 1 aromatic carbocycles. The van der Waals surface area contributed by atoms with E-state index >= 15 is 0 Å². The second kappa shape index (κ2) is 10.3. The molecule has 8 heteroatoms. The molecule has 1 aliphatic heterocycles. The van der Waals surface area contributed by atoms with Gasteiger partial charge < -0.3 is 10.2 Å². The molecule has 2 rings (SSSR count). The van der Waals surface area contributed by atoms with Crippen LogP contribution in [0.4, 0.5) is 0 Å². The molecular formula is C18H30ClN3O3S. The van der Waals surface area contributed by atoms with Crippen LogP contribution in [-0.4, -0.2) is 62.8 Å². The molecule has 1 aromatic rings. The topological polar surface area (TPSA) is 69.7 Å². The van der Waals surface area contributed by atoms with Crippen molar-refractivity contribution in [3.8, 4) is 0 Å². The fraction of sp³-hybridized carbons (Fsp3) is 0.611. The van der Waals surface area contributed by atoms with E-state index in [9.17, 15) is 13.2 Å². The Bertz CT molecular complexity index is 667. The molecule has 1 saturated heterocycles. The van der Waals surface area contributed by atoms with Crippen LogP contribution in [-0.2, 0) is 10.0 Å². The lowest BCUT2D eigenvalue weighted by Crippen LogP contribution is -2.38. The summed E-state index contributed by atoms with van der Waals surface area (Å²) in [5.74, 6) is -0.0726. The smallest absolute Gasteiger partial charge is 0.253 e. The lowest BCUT2D eigenvalue weighted by molar-refractivity contribution is 0.0743. The van der Waals surface area contributed by atoms with E-state index in [4.69, 9.17) is 0 Å². The highest BCUT2D eigenvalue weighted by Crippen LogP contribution is 2.19. The monoisotopic (exact) mass is 403 g/mol. The minimum atomic E-state index is -3.51. The number of halogens is 1. The van der Waals surface area contributed by atoms with Gasteiger partial charge in [-0.1, -0.05) is 13.8 Å². The van der Waals surface area contributed by atoms with Crippen LogP contribution in [0.3, 0.4) is 0 Å². The van der Waals surface area contributed by atoms with Crippen LogP contribution in [0.2, 0.25) is 0 Å². The molecule has 0 bridgehead atoms. The van der Waals surface area contributed by atoms with E-state index in [0.29, 0.717) is 18.7 Å².